The number of methoxy groups -OCH3 is 1. The van der Waals surface area contributed by atoms with Crippen LogP contribution in [0.15, 0.2) is 63.1 Å². The van der Waals surface area contributed by atoms with E-state index in [1.165, 1.54) is 37.5 Å². The van der Waals surface area contributed by atoms with Crippen LogP contribution in [0.4, 0.5) is 10.5 Å². The molecule has 3 aromatic rings. The van der Waals surface area contributed by atoms with E-state index in [-0.39, 0.29) is 36.1 Å². The van der Waals surface area contributed by atoms with Gasteiger partial charge in [0, 0.05) is 16.6 Å². The first-order valence-corrected chi connectivity index (χ1v) is 12.3. The Bertz CT molecular complexity index is 1480. The highest BCUT2D eigenvalue weighted by Crippen LogP contribution is 2.36. The van der Waals surface area contributed by atoms with Crippen LogP contribution in [-0.4, -0.2) is 41.4 Å². The van der Waals surface area contributed by atoms with Crippen molar-refractivity contribution in [3.8, 4) is 11.5 Å². The minimum absolute atomic E-state index is 0.0214. The maximum Gasteiger partial charge on any atom is 0.373 e. The Morgan fingerprint density at radius 3 is 2.64 bits per heavy atom. The fraction of sp³-hybridized carbons (Fsp3) is 0.192. The predicted octanol–water partition coefficient (Wildman–Crippen LogP) is 4.81. The first-order valence-electron chi connectivity index (χ1n) is 11.5. The first kappa shape index (κ1) is 27.4. The molecule has 39 heavy (non-hydrogen) atoms. The van der Waals surface area contributed by atoms with Gasteiger partial charge in [-0.25, -0.2) is 9.59 Å². The molecular weight excluding hydrogens is 578 g/mol. The minimum Gasteiger partial charge on any atom is -0.490 e. The molecule has 0 unspecified atom stereocenters. The molecule has 13 heteroatoms. The van der Waals surface area contributed by atoms with Gasteiger partial charge in [0.1, 0.15) is 18.1 Å². The summed E-state index contributed by atoms with van der Waals surface area (Å²) in [6.45, 7) is 1.99. The molecule has 2 aromatic carbocycles. The second-order valence-corrected chi connectivity index (χ2v) is 8.96. The number of hydrogen-bond donors (Lipinski definition) is 1. The number of hydrogen-bond acceptors (Lipinski definition) is 9. The van der Waals surface area contributed by atoms with Crippen molar-refractivity contribution in [1.82, 2.24) is 10.2 Å². The number of imide groups is 1. The molecule has 0 aliphatic carbocycles. The molecule has 0 atom stereocenters. The second kappa shape index (κ2) is 11.8. The molecule has 1 fully saturated rings. The highest BCUT2D eigenvalue weighted by Gasteiger charge is 2.34. The molecule has 202 valence electrons. The van der Waals surface area contributed by atoms with E-state index in [4.69, 9.17) is 13.9 Å². The van der Waals surface area contributed by atoms with Gasteiger partial charge >= 0.3 is 12.0 Å². The Balaban J connectivity index is 1.53. The normalized spacial score (nSPS) is 13.9. The van der Waals surface area contributed by atoms with Gasteiger partial charge in [0.05, 0.1) is 25.2 Å². The molecule has 1 aromatic heterocycles. The molecule has 1 aliphatic heterocycles. The summed E-state index contributed by atoms with van der Waals surface area (Å²) in [5, 5.41) is 13.6. The number of rotatable bonds is 10. The summed E-state index contributed by atoms with van der Waals surface area (Å²) in [4.78, 5) is 48.6. The van der Waals surface area contributed by atoms with E-state index in [1.807, 2.05) is 0 Å². The highest BCUT2D eigenvalue weighted by molar-refractivity contribution is 9.10. The third kappa shape index (κ3) is 6.26. The van der Waals surface area contributed by atoms with Crippen LogP contribution in [0.25, 0.3) is 6.08 Å². The third-order valence-corrected chi connectivity index (χ3v) is 6.19. The summed E-state index contributed by atoms with van der Waals surface area (Å²) in [6.07, 6.45) is 1.49. The number of nitro groups is 1. The Morgan fingerprint density at radius 1 is 1.15 bits per heavy atom. The molecule has 1 saturated heterocycles. The van der Waals surface area contributed by atoms with Crippen molar-refractivity contribution in [1.29, 1.82) is 0 Å². The minimum atomic E-state index is -0.675. The van der Waals surface area contributed by atoms with Gasteiger partial charge in [-0.05, 0) is 48.4 Å². The Morgan fingerprint density at radius 2 is 1.92 bits per heavy atom. The number of nitrogens with zero attached hydrogens (tertiary/aromatic N) is 2. The maximum atomic E-state index is 13.0. The van der Waals surface area contributed by atoms with E-state index in [1.54, 1.807) is 31.2 Å². The molecule has 0 saturated carbocycles. The van der Waals surface area contributed by atoms with Crippen molar-refractivity contribution in [2.45, 2.75) is 20.1 Å². The lowest BCUT2D eigenvalue weighted by molar-refractivity contribution is -0.384. The van der Waals surface area contributed by atoms with Crippen molar-refractivity contribution >= 4 is 45.6 Å². The predicted molar refractivity (Wildman–Crippen MR) is 140 cm³/mol. The molecule has 4 rings (SSSR count). The molecule has 1 aliphatic rings. The van der Waals surface area contributed by atoms with Crippen molar-refractivity contribution in [2.75, 3.05) is 13.7 Å². The summed E-state index contributed by atoms with van der Waals surface area (Å²) in [6, 6.07) is 11.6. The van der Waals surface area contributed by atoms with E-state index < -0.39 is 22.8 Å². The molecule has 0 spiro atoms. The van der Waals surface area contributed by atoms with Gasteiger partial charge in [0.2, 0.25) is 5.76 Å². The molecular formula is C26H22BrN3O9. The average molecular weight is 600 g/mol. The van der Waals surface area contributed by atoms with E-state index >= 15 is 0 Å². The lowest BCUT2D eigenvalue weighted by atomic mass is 10.1. The summed E-state index contributed by atoms with van der Waals surface area (Å²) < 4.78 is 22.1. The number of urea groups is 1. The zero-order chi connectivity index (χ0) is 28.1. The van der Waals surface area contributed by atoms with Gasteiger partial charge in [-0.3, -0.25) is 19.8 Å². The Labute approximate surface area is 230 Å². The number of nitro benzene ring substituents is 1. The van der Waals surface area contributed by atoms with E-state index in [2.05, 4.69) is 26.0 Å². The van der Waals surface area contributed by atoms with Gasteiger partial charge in [-0.2, -0.15) is 0 Å². The molecule has 1 N–H and O–H groups in total. The number of nitrogens with one attached hydrogen (secondary N) is 1. The van der Waals surface area contributed by atoms with Gasteiger partial charge in [0.15, 0.2) is 11.5 Å². The number of carbonyl (C=O) groups is 3. The van der Waals surface area contributed by atoms with Gasteiger partial charge in [-0.1, -0.05) is 28.1 Å². The van der Waals surface area contributed by atoms with Crippen molar-refractivity contribution < 1.29 is 37.9 Å². The van der Waals surface area contributed by atoms with Crippen LogP contribution in [0.5, 0.6) is 11.5 Å². The standard InChI is InChI=1S/C26H22BrN3O9/c1-3-37-22-11-16(19(27)12-23(22)38-14-15-5-4-6-17(9-15)30(34)35)10-20-24(31)29(26(33)28-20)13-18-7-8-21(39-18)25(32)36-2/h4-12H,3,13-14H2,1-2H3,(H,28,33)/b20-10-. The van der Waals surface area contributed by atoms with Crippen molar-refractivity contribution in [2.24, 2.45) is 0 Å². The Hall–Kier alpha value is -4.65. The fourth-order valence-corrected chi connectivity index (χ4v) is 4.10. The SMILES string of the molecule is CCOc1cc(/C=C2\NC(=O)N(Cc3ccc(C(=O)OC)o3)C2=O)c(Br)cc1OCc1cccc([N+](=O)[O-])c1. The number of amides is 3. The van der Waals surface area contributed by atoms with Crippen LogP contribution in [0.2, 0.25) is 0 Å². The summed E-state index contributed by atoms with van der Waals surface area (Å²) in [5.41, 5.74) is 1.10. The van der Waals surface area contributed by atoms with Gasteiger partial charge in [-0.15, -0.1) is 0 Å². The quantitative estimate of drug-likeness (QED) is 0.114. The van der Waals surface area contributed by atoms with E-state index in [9.17, 15) is 24.5 Å². The summed E-state index contributed by atoms with van der Waals surface area (Å²) >= 11 is 3.46. The highest BCUT2D eigenvalue weighted by atomic mass is 79.9. The van der Waals surface area contributed by atoms with Crippen molar-refractivity contribution in [3.05, 3.63) is 91.5 Å². The number of furan rings is 1. The average Bonchev–Trinajstić information content (AvgIpc) is 3.49. The number of esters is 1. The van der Waals surface area contributed by atoms with Gasteiger partial charge < -0.3 is 23.9 Å². The second-order valence-electron chi connectivity index (χ2n) is 8.11. The van der Waals surface area contributed by atoms with Crippen LogP contribution in [-0.2, 0) is 22.7 Å². The monoisotopic (exact) mass is 599 g/mol. The van der Waals surface area contributed by atoms with Crippen LogP contribution in [0, 0.1) is 10.1 Å². The lowest BCUT2D eigenvalue weighted by Gasteiger charge is -2.14. The number of ether oxygens (including phenoxy) is 3. The molecule has 2 heterocycles. The van der Waals surface area contributed by atoms with Crippen LogP contribution < -0.4 is 14.8 Å². The van der Waals surface area contributed by atoms with Gasteiger partial charge in [0.25, 0.3) is 11.6 Å². The third-order valence-electron chi connectivity index (χ3n) is 5.50. The van der Waals surface area contributed by atoms with Crippen LogP contribution in [0.1, 0.15) is 34.4 Å². The Kier molecular flexibility index (Phi) is 8.30. The van der Waals surface area contributed by atoms with Crippen LogP contribution in [0.3, 0.4) is 0 Å². The maximum absolute atomic E-state index is 13.0. The summed E-state index contributed by atoms with van der Waals surface area (Å²) in [7, 11) is 1.21. The smallest absolute Gasteiger partial charge is 0.373 e. The number of carbonyl (C=O) groups excluding carboxylic acids is 3. The van der Waals surface area contributed by atoms with Crippen molar-refractivity contribution in [3.63, 3.8) is 0 Å². The zero-order valence-corrected chi connectivity index (χ0v) is 22.4. The number of non-ortho nitro benzene ring substituents is 1. The van der Waals surface area contributed by atoms with E-state index in [0.29, 0.717) is 33.7 Å². The fourth-order valence-electron chi connectivity index (χ4n) is 3.66. The molecule has 0 bridgehead atoms. The summed E-state index contributed by atoms with van der Waals surface area (Å²) in [5.74, 6) is -0.336. The molecule has 0 radical (unpaired) electrons. The first-order chi connectivity index (χ1) is 18.7. The number of halogens is 1. The van der Waals surface area contributed by atoms with Crippen LogP contribution >= 0.6 is 15.9 Å². The lowest BCUT2D eigenvalue weighted by Crippen LogP contribution is -2.30. The van der Waals surface area contributed by atoms with E-state index in [0.717, 1.165) is 4.90 Å². The zero-order valence-electron chi connectivity index (χ0n) is 20.8. The largest absolute Gasteiger partial charge is 0.490 e. The molecule has 3 amide bonds. The molecule has 12 nitrogen and oxygen atoms in total. The topological polar surface area (TPSA) is 150 Å². The number of benzene rings is 2.